The molecule has 0 bridgehead atoms. The number of oxazole rings is 1. The molecule has 1 saturated carbocycles. The fraction of sp³-hybridized carbons (Fsp3) is 0.420. The van der Waals surface area contributed by atoms with E-state index >= 15 is 0 Å². The number of benzene rings is 3. The van der Waals surface area contributed by atoms with Gasteiger partial charge in [0, 0.05) is 38.2 Å². The van der Waals surface area contributed by atoms with Crippen molar-refractivity contribution in [3.63, 3.8) is 0 Å². The lowest BCUT2D eigenvalue weighted by atomic mass is 9.72. The first-order valence-corrected chi connectivity index (χ1v) is 21.6. The molecular formula is C50H56N4O8. The third-order valence-corrected chi connectivity index (χ3v) is 13.0. The van der Waals surface area contributed by atoms with Crippen molar-refractivity contribution in [2.24, 2.45) is 11.3 Å². The molecule has 0 spiro atoms. The Morgan fingerprint density at radius 2 is 1.63 bits per heavy atom. The van der Waals surface area contributed by atoms with E-state index in [0.717, 1.165) is 69.1 Å². The lowest BCUT2D eigenvalue weighted by molar-refractivity contribution is -0.142. The third-order valence-electron chi connectivity index (χ3n) is 13.0. The fourth-order valence-corrected chi connectivity index (χ4v) is 9.10. The maximum absolute atomic E-state index is 14.2. The number of pyridine rings is 1. The molecule has 12 heteroatoms. The van der Waals surface area contributed by atoms with E-state index in [0.29, 0.717) is 28.6 Å². The Bertz CT molecular complexity index is 2460. The van der Waals surface area contributed by atoms with Crippen LogP contribution in [0.4, 0.5) is 0 Å². The number of carboxylic acids is 1. The minimum Gasteiger partial charge on any atom is -0.490 e. The number of carbonyl (C=O) groups is 3. The van der Waals surface area contributed by atoms with Gasteiger partial charge in [-0.3, -0.25) is 14.6 Å². The molecule has 3 aromatic carbocycles. The van der Waals surface area contributed by atoms with Crippen LogP contribution in [0, 0.1) is 39.0 Å². The largest absolute Gasteiger partial charge is 0.490 e. The van der Waals surface area contributed by atoms with Gasteiger partial charge in [-0.1, -0.05) is 57.2 Å². The van der Waals surface area contributed by atoms with Gasteiger partial charge < -0.3 is 34.0 Å². The van der Waals surface area contributed by atoms with Crippen LogP contribution in [0.15, 0.2) is 77.3 Å². The molecule has 3 aliphatic rings. The summed E-state index contributed by atoms with van der Waals surface area (Å²) in [6.45, 7) is 14.6. The molecule has 5 aromatic rings. The average Bonchev–Trinajstić information content (AvgIpc) is 3.60. The van der Waals surface area contributed by atoms with Crippen molar-refractivity contribution in [1.82, 2.24) is 20.2 Å². The van der Waals surface area contributed by atoms with Gasteiger partial charge in [0.05, 0.1) is 6.10 Å². The zero-order chi connectivity index (χ0) is 43.9. The number of nitrogens with one attached hydrogen (secondary N) is 1. The van der Waals surface area contributed by atoms with Gasteiger partial charge in [-0.05, 0) is 127 Å². The van der Waals surface area contributed by atoms with Gasteiger partial charge in [-0.15, -0.1) is 0 Å². The summed E-state index contributed by atoms with van der Waals surface area (Å²) in [5.41, 5.74) is 7.72. The monoisotopic (exact) mass is 840 g/mol. The lowest BCUT2D eigenvalue weighted by Gasteiger charge is -2.37. The summed E-state index contributed by atoms with van der Waals surface area (Å²) in [7, 11) is 0. The van der Waals surface area contributed by atoms with Crippen molar-refractivity contribution in [2.75, 3.05) is 6.61 Å². The van der Waals surface area contributed by atoms with Crippen LogP contribution in [0.5, 0.6) is 17.2 Å². The molecule has 324 valence electrons. The molecule has 62 heavy (non-hydrogen) atoms. The van der Waals surface area contributed by atoms with Crippen molar-refractivity contribution in [3.05, 3.63) is 124 Å². The second-order valence-corrected chi connectivity index (χ2v) is 18.2. The smallest absolute Gasteiger partial charge is 0.326 e. The topological polar surface area (TPSA) is 153 Å². The molecule has 0 saturated heterocycles. The van der Waals surface area contributed by atoms with Gasteiger partial charge >= 0.3 is 5.97 Å². The van der Waals surface area contributed by atoms with Gasteiger partial charge in [-0.25, -0.2) is 9.78 Å². The third kappa shape index (κ3) is 9.05. The van der Waals surface area contributed by atoms with E-state index in [-0.39, 0.29) is 43.9 Å². The van der Waals surface area contributed by atoms with Gasteiger partial charge in [0.1, 0.15) is 30.2 Å². The number of fused-ring (bicyclic) bond motifs is 2. The van der Waals surface area contributed by atoms with Crippen molar-refractivity contribution >= 4 is 17.8 Å². The lowest BCUT2D eigenvalue weighted by Crippen LogP contribution is -2.56. The first kappa shape index (κ1) is 42.5. The standard InChI is InChI=1S/C50H56N4O8/c1-28-29(2)51-21-20-40(28)33-10-8-32(9-11-33)22-41(49(57)58)53-47(55)42-23-35-24-43-44(25-36(35)26-54(42)48(56)46-30(3)60-31(4)52-46)62-45(27-59-43)34-12-16-38(17-13-34)61-39-18-14-37(15-19-39)50(5,6)7/h8-13,16-17,20-21,24-25,37,39,41-42,45H,14-15,18-19,22-23,26-27H2,1-7H3,(H,53,55)(H,57,58)/t37?,39?,41-,42-,45+/m0/s1. The van der Waals surface area contributed by atoms with Crippen LogP contribution in [0.25, 0.3) is 11.1 Å². The van der Waals surface area contributed by atoms with Gasteiger partial charge in [0.25, 0.3) is 5.91 Å². The van der Waals surface area contributed by atoms with E-state index in [1.807, 2.05) is 80.6 Å². The number of hydrogen-bond donors (Lipinski definition) is 2. The average molecular weight is 841 g/mol. The summed E-state index contributed by atoms with van der Waals surface area (Å²) in [5.74, 6) is 1.02. The van der Waals surface area contributed by atoms with Crippen molar-refractivity contribution < 1.29 is 38.1 Å². The van der Waals surface area contributed by atoms with Gasteiger partial charge in [-0.2, -0.15) is 0 Å². The van der Waals surface area contributed by atoms with E-state index in [1.165, 1.54) is 17.7 Å². The van der Waals surface area contributed by atoms with E-state index in [2.05, 4.69) is 36.1 Å². The molecule has 0 radical (unpaired) electrons. The summed E-state index contributed by atoms with van der Waals surface area (Å²) in [6, 6.07) is 19.0. The number of aryl methyl sites for hydroxylation is 3. The van der Waals surface area contributed by atoms with Crippen LogP contribution >= 0.6 is 0 Å². The molecular weight excluding hydrogens is 785 g/mol. The molecule has 2 aliphatic heterocycles. The molecule has 2 aromatic heterocycles. The SMILES string of the molecule is Cc1nc(C(=O)N2Cc3cc4c(cc3C[C@H]2C(=O)N[C@@H](Cc2ccc(-c3ccnc(C)c3C)cc2)C(=O)O)OC[C@H](c2ccc(OC3CCC(C(C)(C)C)CC3)cc2)O4)c(C)o1. The predicted octanol–water partition coefficient (Wildman–Crippen LogP) is 8.85. The van der Waals surface area contributed by atoms with Crippen LogP contribution in [0.1, 0.15) is 108 Å². The first-order chi connectivity index (χ1) is 29.6. The van der Waals surface area contributed by atoms with E-state index in [1.54, 1.807) is 20.0 Å². The zero-order valence-corrected chi connectivity index (χ0v) is 36.6. The van der Waals surface area contributed by atoms with E-state index < -0.39 is 29.9 Å². The Morgan fingerprint density at radius 1 is 0.919 bits per heavy atom. The highest BCUT2D eigenvalue weighted by Gasteiger charge is 2.40. The number of ether oxygens (including phenoxy) is 3. The Balaban J connectivity index is 0.978. The van der Waals surface area contributed by atoms with Gasteiger partial charge in [0.2, 0.25) is 5.91 Å². The molecule has 1 aliphatic carbocycles. The summed E-state index contributed by atoms with van der Waals surface area (Å²) < 4.78 is 24.8. The number of carbonyl (C=O) groups excluding carboxylic acids is 2. The molecule has 1 fully saturated rings. The van der Waals surface area contributed by atoms with Crippen molar-refractivity contribution in [2.45, 2.75) is 118 Å². The molecule has 12 nitrogen and oxygen atoms in total. The maximum atomic E-state index is 14.2. The van der Waals surface area contributed by atoms with Crippen molar-refractivity contribution in [3.8, 4) is 28.4 Å². The number of nitrogens with zero attached hydrogens (tertiary/aromatic N) is 3. The van der Waals surface area contributed by atoms with E-state index in [4.69, 9.17) is 18.6 Å². The van der Waals surface area contributed by atoms with Gasteiger partial charge in [0.15, 0.2) is 29.2 Å². The Morgan fingerprint density at radius 3 is 2.29 bits per heavy atom. The minimum absolute atomic E-state index is 0.0444. The van der Waals surface area contributed by atoms with Crippen LogP contribution in [0.2, 0.25) is 0 Å². The molecule has 0 unspecified atom stereocenters. The minimum atomic E-state index is -1.25. The van der Waals surface area contributed by atoms with Crippen LogP contribution < -0.4 is 19.5 Å². The molecule has 4 heterocycles. The summed E-state index contributed by atoms with van der Waals surface area (Å²) in [6.07, 6.45) is 6.25. The molecule has 8 rings (SSSR count). The first-order valence-electron chi connectivity index (χ1n) is 21.6. The Hall–Kier alpha value is -6.17. The summed E-state index contributed by atoms with van der Waals surface area (Å²) >= 11 is 0. The Labute approximate surface area is 363 Å². The number of rotatable bonds is 10. The number of hydrogen-bond acceptors (Lipinski definition) is 9. The quantitative estimate of drug-likeness (QED) is 0.140. The normalized spacial score (nSPS) is 20.2. The Kier molecular flexibility index (Phi) is 11.9. The molecule has 2 N–H and O–H groups in total. The number of aliphatic carboxylic acids is 1. The molecule has 2 amide bonds. The number of aromatic nitrogens is 2. The zero-order valence-electron chi connectivity index (χ0n) is 36.6. The van der Waals surface area contributed by atoms with Crippen LogP contribution in [-0.2, 0) is 29.0 Å². The second-order valence-electron chi connectivity index (χ2n) is 18.2. The highest BCUT2D eigenvalue weighted by atomic mass is 16.6. The van der Waals surface area contributed by atoms with Crippen LogP contribution in [0.3, 0.4) is 0 Å². The highest BCUT2D eigenvalue weighted by Crippen LogP contribution is 2.42. The maximum Gasteiger partial charge on any atom is 0.326 e. The highest BCUT2D eigenvalue weighted by molar-refractivity contribution is 5.98. The summed E-state index contributed by atoms with van der Waals surface area (Å²) in [5, 5.41) is 13.1. The predicted molar refractivity (Wildman–Crippen MR) is 233 cm³/mol. The number of carboxylic acid groups (broad SMARTS) is 1. The molecule has 3 atom stereocenters. The fourth-order valence-electron chi connectivity index (χ4n) is 9.10. The van der Waals surface area contributed by atoms with Crippen LogP contribution in [-0.4, -0.2) is 62.6 Å². The second kappa shape index (κ2) is 17.3. The summed E-state index contributed by atoms with van der Waals surface area (Å²) in [4.78, 5) is 51.3. The van der Waals surface area contributed by atoms with E-state index in [9.17, 15) is 19.5 Å². The number of amides is 2. The van der Waals surface area contributed by atoms with Crippen molar-refractivity contribution in [1.29, 1.82) is 0 Å².